The highest BCUT2D eigenvalue weighted by molar-refractivity contribution is 9.09. The predicted molar refractivity (Wildman–Crippen MR) is 32.2 cm³/mol. The van der Waals surface area contributed by atoms with Crippen LogP contribution in [0.2, 0.25) is 0 Å². The highest BCUT2D eigenvalue weighted by atomic mass is 79.9. The SMILES string of the molecule is CC(CBr)S(=O)[O-]. The molecular formula is C3H6BrO2S-. The Bertz CT molecular complexity index is 75.3. The quantitative estimate of drug-likeness (QED) is 0.469. The molecule has 0 aliphatic carbocycles. The van der Waals surface area contributed by atoms with Crippen molar-refractivity contribution >= 4 is 27.0 Å². The molecule has 0 bridgehead atoms. The van der Waals surface area contributed by atoms with E-state index in [0.29, 0.717) is 5.33 Å². The van der Waals surface area contributed by atoms with E-state index in [0.717, 1.165) is 0 Å². The maximum atomic E-state index is 9.90. The minimum atomic E-state index is -1.91. The lowest BCUT2D eigenvalue weighted by Crippen LogP contribution is -2.10. The van der Waals surface area contributed by atoms with Gasteiger partial charge in [0.1, 0.15) is 0 Å². The van der Waals surface area contributed by atoms with Crippen LogP contribution in [0.15, 0.2) is 0 Å². The minimum Gasteiger partial charge on any atom is -0.772 e. The summed E-state index contributed by atoms with van der Waals surface area (Å²) < 4.78 is 19.8. The van der Waals surface area contributed by atoms with E-state index in [1.807, 2.05) is 0 Å². The molecule has 0 radical (unpaired) electrons. The molecule has 7 heavy (non-hydrogen) atoms. The fourth-order valence-electron chi connectivity index (χ4n) is 0.0514. The molecule has 0 saturated heterocycles. The zero-order valence-electron chi connectivity index (χ0n) is 3.89. The third-order valence-corrected chi connectivity index (χ3v) is 2.77. The lowest BCUT2D eigenvalue weighted by molar-refractivity contribution is 0.529. The second-order valence-corrected chi connectivity index (χ2v) is 3.20. The van der Waals surface area contributed by atoms with E-state index in [4.69, 9.17) is 0 Å². The Morgan fingerprint density at radius 3 is 2.43 bits per heavy atom. The van der Waals surface area contributed by atoms with E-state index >= 15 is 0 Å². The largest absolute Gasteiger partial charge is 0.772 e. The van der Waals surface area contributed by atoms with Gasteiger partial charge >= 0.3 is 0 Å². The number of halogens is 1. The molecule has 0 aromatic heterocycles. The first-order valence-corrected chi connectivity index (χ1v) is 4.08. The second-order valence-electron chi connectivity index (χ2n) is 1.23. The lowest BCUT2D eigenvalue weighted by atomic mass is 10.6. The zero-order valence-corrected chi connectivity index (χ0v) is 6.29. The van der Waals surface area contributed by atoms with Crippen molar-refractivity contribution in [3.05, 3.63) is 0 Å². The van der Waals surface area contributed by atoms with Crippen LogP contribution in [0.25, 0.3) is 0 Å². The third kappa shape index (κ3) is 3.20. The van der Waals surface area contributed by atoms with Gasteiger partial charge in [0.05, 0.1) is 0 Å². The number of hydrogen-bond donors (Lipinski definition) is 0. The summed E-state index contributed by atoms with van der Waals surface area (Å²) in [5.41, 5.74) is 0. The predicted octanol–water partition coefficient (Wildman–Crippen LogP) is 0.649. The summed E-state index contributed by atoms with van der Waals surface area (Å²) in [6, 6.07) is 0. The van der Waals surface area contributed by atoms with Crippen molar-refractivity contribution in [1.29, 1.82) is 0 Å². The molecule has 0 aromatic carbocycles. The molecule has 44 valence electrons. The Labute approximate surface area is 53.7 Å². The van der Waals surface area contributed by atoms with Gasteiger partial charge in [0, 0.05) is 10.6 Å². The Hall–Kier alpha value is 0.590. The molecule has 0 aliphatic heterocycles. The van der Waals surface area contributed by atoms with Gasteiger partial charge in [-0.15, -0.1) is 0 Å². The van der Waals surface area contributed by atoms with Crippen molar-refractivity contribution in [1.82, 2.24) is 0 Å². The molecule has 4 heteroatoms. The summed E-state index contributed by atoms with van der Waals surface area (Å²) in [5.74, 6) is 0. The first-order valence-electron chi connectivity index (χ1n) is 1.82. The first-order chi connectivity index (χ1) is 3.18. The van der Waals surface area contributed by atoms with Crippen molar-refractivity contribution in [2.24, 2.45) is 0 Å². The highest BCUT2D eigenvalue weighted by Crippen LogP contribution is 1.94. The molecule has 0 rings (SSSR count). The van der Waals surface area contributed by atoms with Crippen LogP contribution in [-0.4, -0.2) is 19.3 Å². The lowest BCUT2D eigenvalue weighted by Gasteiger charge is -2.09. The molecule has 0 heterocycles. The molecular weight excluding hydrogens is 180 g/mol. The number of rotatable bonds is 2. The summed E-state index contributed by atoms with van der Waals surface area (Å²) in [6.45, 7) is 1.64. The van der Waals surface area contributed by atoms with E-state index in [9.17, 15) is 8.76 Å². The fraction of sp³-hybridized carbons (Fsp3) is 1.00. The smallest absolute Gasteiger partial charge is 0.0284 e. The van der Waals surface area contributed by atoms with Crippen LogP contribution in [-0.2, 0) is 11.1 Å². The average Bonchev–Trinajstić information content (AvgIpc) is 1.65. The van der Waals surface area contributed by atoms with Gasteiger partial charge < -0.3 is 4.55 Å². The van der Waals surface area contributed by atoms with E-state index in [-0.39, 0.29) is 5.25 Å². The Morgan fingerprint density at radius 2 is 2.43 bits per heavy atom. The van der Waals surface area contributed by atoms with E-state index < -0.39 is 11.1 Å². The van der Waals surface area contributed by atoms with E-state index in [2.05, 4.69) is 15.9 Å². The zero-order chi connectivity index (χ0) is 5.86. The van der Waals surface area contributed by atoms with Crippen LogP contribution in [0.4, 0.5) is 0 Å². The average molecular weight is 186 g/mol. The first kappa shape index (κ1) is 7.59. The highest BCUT2D eigenvalue weighted by Gasteiger charge is 1.94. The maximum Gasteiger partial charge on any atom is 0.0284 e. The van der Waals surface area contributed by atoms with Crippen LogP contribution in [0.1, 0.15) is 6.92 Å². The summed E-state index contributed by atoms with van der Waals surface area (Å²) in [7, 11) is 0. The van der Waals surface area contributed by atoms with Crippen molar-refractivity contribution in [3.63, 3.8) is 0 Å². The maximum absolute atomic E-state index is 9.90. The van der Waals surface area contributed by atoms with Crippen molar-refractivity contribution in [2.45, 2.75) is 12.2 Å². The molecule has 2 unspecified atom stereocenters. The van der Waals surface area contributed by atoms with Gasteiger partial charge in [0.15, 0.2) is 0 Å². The van der Waals surface area contributed by atoms with Crippen LogP contribution < -0.4 is 0 Å². The topological polar surface area (TPSA) is 40.1 Å². The fourth-order valence-corrected chi connectivity index (χ4v) is 0.802. The number of hydrogen-bond acceptors (Lipinski definition) is 2. The minimum absolute atomic E-state index is 0.264. The molecule has 0 amide bonds. The van der Waals surface area contributed by atoms with Gasteiger partial charge in [0.25, 0.3) is 0 Å². The van der Waals surface area contributed by atoms with Crippen molar-refractivity contribution < 1.29 is 8.76 Å². The van der Waals surface area contributed by atoms with Crippen LogP contribution >= 0.6 is 15.9 Å². The molecule has 2 atom stereocenters. The van der Waals surface area contributed by atoms with E-state index in [1.165, 1.54) is 0 Å². The molecule has 0 saturated carbocycles. The van der Waals surface area contributed by atoms with E-state index in [1.54, 1.807) is 6.92 Å². The molecule has 0 N–H and O–H groups in total. The van der Waals surface area contributed by atoms with Crippen molar-refractivity contribution in [3.8, 4) is 0 Å². The molecule has 0 aromatic rings. The van der Waals surface area contributed by atoms with Crippen LogP contribution in [0.5, 0.6) is 0 Å². The van der Waals surface area contributed by atoms with Gasteiger partial charge in [-0.3, -0.25) is 4.21 Å². The Morgan fingerprint density at radius 1 is 2.00 bits per heavy atom. The monoisotopic (exact) mass is 185 g/mol. The summed E-state index contributed by atoms with van der Waals surface area (Å²) in [5, 5.41) is 0.253. The molecule has 2 nitrogen and oxygen atoms in total. The van der Waals surface area contributed by atoms with Gasteiger partial charge in [-0.05, 0) is 0 Å². The third-order valence-electron chi connectivity index (χ3n) is 0.546. The van der Waals surface area contributed by atoms with Gasteiger partial charge in [-0.2, -0.15) is 0 Å². The summed E-state index contributed by atoms with van der Waals surface area (Å²) >= 11 is 1.12. The summed E-state index contributed by atoms with van der Waals surface area (Å²) in [4.78, 5) is 0. The number of alkyl halides is 1. The van der Waals surface area contributed by atoms with Crippen LogP contribution in [0.3, 0.4) is 0 Å². The normalized spacial score (nSPS) is 18.7. The molecule has 0 spiro atoms. The van der Waals surface area contributed by atoms with Crippen molar-refractivity contribution in [2.75, 3.05) is 5.33 Å². The van der Waals surface area contributed by atoms with Gasteiger partial charge in [0.2, 0.25) is 0 Å². The van der Waals surface area contributed by atoms with Gasteiger partial charge in [-0.25, -0.2) is 0 Å². The second kappa shape index (κ2) is 3.57. The molecule has 0 aliphatic rings. The standard InChI is InChI=1S/C3H7BrO2S/c1-3(2-4)7(5)6/h3H,2H2,1H3,(H,5,6)/p-1. The summed E-state index contributed by atoms with van der Waals surface area (Å²) in [6.07, 6.45) is 0. The molecule has 0 fully saturated rings. The van der Waals surface area contributed by atoms with Gasteiger partial charge in [-0.1, -0.05) is 33.9 Å². The van der Waals surface area contributed by atoms with Crippen LogP contribution in [0, 0.1) is 0 Å². The Balaban J connectivity index is 3.34. The Kier molecular flexibility index (Phi) is 3.88.